The summed E-state index contributed by atoms with van der Waals surface area (Å²) in [6.07, 6.45) is 3.03. The highest BCUT2D eigenvalue weighted by Gasteiger charge is 2.42. The van der Waals surface area contributed by atoms with Crippen LogP contribution in [0.1, 0.15) is 24.8 Å². The number of nitrogens with zero attached hydrogens (tertiary/aromatic N) is 3. The average Bonchev–Trinajstić information content (AvgIpc) is 3.25. The highest BCUT2D eigenvalue weighted by atomic mass is 32.1. The van der Waals surface area contributed by atoms with Gasteiger partial charge in [-0.05, 0) is 48.7 Å². The average molecular weight is 350 g/mol. The number of hydrogen-bond acceptors (Lipinski definition) is 5. The number of likely N-dealkylation sites (tertiary alicyclic amines) is 1. The van der Waals surface area contributed by atoms with Crippen LogP contribution in [0.2, 0.25) is 0 Å². The molecule has 4 heterocycles. The number of likely N-dealkylation sites (N-methyl/N-ethyl adjacent to an activating group) is 1. The number of ether oxygens (including phenoxy) is 1. The zero-order chi connectivity index (χ0) is 16.5. The zero-order valence-corrected chi connectivity index (χ0v) is 15.2. The van der Waals surface area contributed by atoms with E-state index in [2.05, 4.69) is 33.7 Å². The van der Waals surface area contributed by atoms with Gasteiger partial charge < -0.3 is 14.5 Å². The number of fused-ring (bicyclic) bond motifs is 1. The SMILES string of the molecule is CN1CCN(C(=O)[C@H]2CC[C@@H]3[C@@H](CCN3Cc3ccsc3)O2)CC1. The fourth-order valence-corrected chi connectivity index (χ4v) is 4.90. The van der Waals surface area contributed by atoms with Gasteiger partial charge in [0.05, 0.1) is 6.10 Å². The predicted molar refractivity (Wildman–Crippen MR) is 95.1 cm³/mol. The Kier molecular flexibility index (Phi) is 4.90. The van der Waals surface area contributed by atoms with Crippen LogP contribution in [0.3, 0.4) is 0 Å². The summed E-state index contributed by atoms with van der Waals surface area (Å²) in [5.74, 6) is 0.220. The van der Waals surface area contributed by atoms with Gasteiger partial charge >= 0.3 is 0 Å². The van der Waals surface area contributed by atoms with E-state index in [4.69, 9.17) is 4.74 Å². The second kappa shape index (κ2) is 7.12. The molecule has 3 saturated heterocycles. The van der Waals surface area contributed by atoms with Crippen molar-refractivity contribution >= 4 is 17.2 Å². The zero-order valence-electron chi connectivity index (χ0n) is 14.4. The largest absolute Gasteiger partial charge is 0.363 e. The van der Waals surface area contributed by atoms with Gasteiger partial charge in [0, 0.05) is 45.3 Å². The predicted octanol–water partition coefficient (Wildman–Crippen LogP) is 1.64. The molecule has 0 aliphatic carbocycles. The van der Waals surface area contributed by atoms with Crippen molar-refractivity contribution in [1.29, 1.82) is 0 Å². The summed E-state index contributed by atoms with van der Waals surface area (Å²) in [4.78, 5) is 19.6. The minimum absolute atomic E-state index is 0.212. The van der Waals surface area contributed by atoms with Crippen molar-refractivity contribution in [3.63, 3.8) is 0 Å². The van der Waals surface area contributed by atoms with E-state index in [-0.39, 0.29) is 18.1 Å². The van der Waals surface area contributed by atoms with Crippen LogP contribution in [0, 0.1) is 0 Å². The van der Waals surface area contributed by atoms with E-state index in [0.29, 0.717) is 6.04 Å². The highest BCUT2D eigenvalue weighted by molar-refractivity contribution is 7.07. The van der Waals surface area contributed by atoms with E-state index >= 15 is 0 Å². The van der Waals surface area contributed by atoms with Crippen LogP contribution in [0.5, 0.6) is 0 Å². The lowest BCUT2D eigenvalue weighted by Crippen LogP contribution is -2.53. The van der Waals surface area contributed by atoms with Crippen LogP contribution in [0.15, 0.2) is 16.8 Å². The normalized spacial score (nSPS) is 32.0. The molecule has 1 aromatic heterocycles. The third kappa shape index (κ3) is 3.38. The Bertz CT molecular complexity index is 557. The van der Waals surface area contributed by atoms with Crippen LogP contribution in [0.25, 0.3) is 0 Å². The Hall–Kier alpha value is -0.950. The molecule has 1 amide bonds. The molecule has 6 heteroatoms. The molecule has 132 valence electrons. The third-order valence-corrected chi connectivity index (χ3v) is 6.45. The molecule has 24 heavy (non-hydrogen) atoms. The molecule has 4 rings (SSSR count). The molecule has 5 nitrogen and oxygen atoms in total. The first-order valence-corrected chi connectivity index (χ1v) is 10.0. The van der Waals surface area contributed by atoms with Crippen molar-refractivity contribution in [3.8, 4) is 0 Å². The molecule has 0 unspecified atom stereocenters. The van der Waals surface area contributed by atoms with Crippen molar-refractivity contribution in [2.75, 3.05) is 39.8 Å². The van der Waals surface area contributed by atoms with Crippen LogP contribution in [0.4, 0.5) is 0 Å². The monoisotopic (exact) mass is 349 g/mol. The van der Waals surface area contributed by atoms with Crippen LogP contribution in [-0.2, 0) is 16.1 Å². The Morgan fingerprint density at radius 3 is 2.79 bits per heavy atom. The van der Waals surface area contributed by atoms with E-state index in [1.54, 1.807) is 11.3 Å². The molecule has 0 saturated carbocycles. The van der Waals surface area contributed by atoms with Gasteiger partial charge in [0.25, 0.3) is 5.91 Å². The molecular formula is C18H27N3O2S. The lowest BCUT2D eigenvalue weighted by Gasteiger charge is -2.39. The second-order valence-corrected chi connectivity index (χ2v) is 8.11. The fourth-order valence-electron chi connectivity index (χ4n) is 4.24. The Morgan fingerprint density at radius 2 is 2.04 bits per heavy atom. The summed E-state index contributed by atoms with van der Waals surface area (Å²) in [7, 11) is 2.12. The van der Waals surface area contributed by atoms with Crippen LogP contribution in [-0.4, -0.2) is 78.6 Å². The van der Waals surface area contributed by atoms with E-state index in [9.17, 15) is 4.79 Å². The summed E-state index contributed by atoms with van der Waals surface area (Å²) in [6, 6.07) is 2.70. The van der Waals surface area contributed by atoms with Crippen molar-refractivity contribution < 1.29 is 9.53 Å². The summed E-state index contributed by atoms with van der Waals surface area (Å²) in [5, 5.41) is 4.38. The van der Waals surface area contributed by atoms with Gasteiger partial charge in [-0.1, -0.05) is 0 Å². The van der Waals surface area contributed by atoms with Gasteiger partial charge in [0.1, 0.15) is 6.10 Å². The number of thiophene rings is 1. The van der Waals surface area contributed by atoms with Gasteiger partial charge in [-0.3, -0.25) is 9.69 Å². The molecular weight excluding hydrogens is 322 g/mol. The maximum atomic E-state index is 12.8. The highest BCUT2D eigenvalue weighted by Crippen LogP contribution is 2.33. The van der Waals surface area contributed by atoms with Gasteiger partial charge in [-0.25, -0.2) is 0 Å². The summed E-state index contributed by atoms with van der Waals surface area (Å²) in [5.41, 5.74) is 1.40. The van der Waals surface area contributed by atoms with E-state index < -0.39 is 0 Å². The van der Waals surface area contributed by atoms with Crippen molar-refractivity contribution in [2.24, 2.45) is 0 Å². The quantitative estimate of drug-likeness (QED) is 0.831. The summed E-state index contributed by atoms with van der Waals surface area (Å²) < 4.78 is 6.26. The van der Waals surface area contributed by atoms with E-state index in [1.807, 2.05) is 4.90 Å². The lowest BCUT2D eigenvalue weighted by molar-refractivity contribution is -0.156. The van der Waals surface area contributed by atoms with E-state index in [1.165, 1.54) is 5.56 Å². The molecule has 3 aliphatic heterocycles. The van der Waals surface area contributed by atoms with Crippen LogP contribution < -0.4 is 0 Å². The Labute approximate surface area is 148 Å². The Balaban J connectivity index is 1.33. The minimum Gasteiger partial charge on any atom is -0.363 e. The number of hydrogen-bond donors (Lipinski definition) is 0. The first kappa shape index (κ1) is 16.5. The van der Waals surface area contributed by atoms with Crippen molar-refractivity contribution in [3.05, 3.63) is 22.4 Å². The molecule has 0 spiro atoms. The molecule has 0 radical (unpaired) electrons. The Morgan fingerprint density at radius 1 is 1.21 bits per heavy atom. The standard InChI is InChI=1S/C18H27N3O2S/c1-19-7-9-20(10-8-19)18(22)17-3-2-15-16(23-17)4-6-21(15)12-14-5-11-24-13-14/h5,11,13,15-17H,2-4,6-10,12H2,1H3/t15-,16-,17-/m1/s1. The number of rotatable bonds is 3. The molecule has 0 N–H and O–H groups in total. The van der Waals surface area contributed by atoms with Gasteiger partial charge in [0.2, 0.25) is 0 Å². The molecule has 3 fully saturated rings. The van der Waals surface area contributed by atoms with E-state index in [0.717, 1.165) is 58.5 Å². The maximum absolute atomic E-state index is 12.8. The fraction of sp³-hybridized carbons (Fsp3) is 0.722. The number of carbonyl (C=O) groups is 1. The first-order valence-electron chi connectivity index (χ1n) is 9.08. The second-order valence-electron chi connectivity index (χ2n) is 7.33. The smallest absolute Gasteiger partial charge is 0.251 e. The molecule has 3 atom stereocenters. The topological polar surface area (TPSA) is 36.0 Å². The lowest BCUT2D eigenvalue weighted by atomic mass is 9.98. The van der Waals surface area contributed by atoms with Gasteiger partial charge in [-0.15, -0.1) is 0 Å². The minimum atomic E-state index is -0.212. The van der Waals surface area contributed by atoms with Crippen LogP contribution >= 0.6 is 11.3 Å². The molecule has 1 aromatic rings. The maximum Gasteiger partial charge on any atom is 0.251 e. The number of piperazine rings is 1. The first-order chi connectivity index (χ1) is 11.7. The number of carbonyl (C=O) groups excluding carboxylic acids is 1. The number of amides is 1. The third-order valence-electron chi connectivity index (χ3n) is 5.72. The molecule has 0 aromatic carbocycles. The summed E-state index contributed by atoms with van der Waals surface area (Å²) >= 11 is 1.76. The van der Waals surface area contributed by atoms with Crippen molar-refractivity contribution in [1.82, 2.24) is 14.7 Å². The van der Waals surface area contributed by atoms with Gasteiger partial charge in [0.15, 0.2) is 0 Å². The molecule has 0 bridgehead atoms. The van der Waals surface area contributed by atoms with Crippen molar-refractivity contribution in [2.45, 2.75) is 44.1 Å². The summed E-state index contributed by atoms with van der Waals surface area (Å²) in [6.45, 7) is 5.73. The molecule has 3 aliphatic rings. The van der Waals surface area contributed by atoms with Gasteiger partial charge in [-0.2, -0.15) is 11.3 Å².